The highest BCUT2D eigenvalue weighted by Gasteiger charge is 2.48. The van der Waals surface area contributed by atoms with Crippen molar-refractivity contribution >= 4 is 16.9 Å². The molecule has 3 N–H and O–H groups in total. The molecule has 6 nitrogen and oxygen atoms in total. The minimum atomic E-state index is -0.927. The molecule has 3 heterocycles. The molecule has 0 aliphatic carbocycles. The lowest BCUT2D eigenvalue weighted by Crippen LogP contribution is -2.54. The SMILES string of the molecule is OC=CCC[C@H]1O[C@@H]2SC(N3CCC3)=N[C@@H]2[C@@H](O)[C@@H]1O. The molecule has 0 radical (unpaired) electrons. The van der Waals surface area contributed by atoms with Crippen molar-refractivity contribution in [1.82, 2.24) is 4.90 Å². The van der Waals surface area contributed by atoms with E-state index in [1.807, 2.05) is 0 Å². The predicted octanol–water partition coefficient (Wildman–Crippen LogP) is 0.462. The summed E-state index contributed by atoms with van der Waals surface area (Å²) < 4.78 is 5.88. The summed E-state index contributed by atoms with van der Waals surface area (Å²) in [5.74, 6) is 0. The molecule has 0 amide bonds. The van der Waals surface area contributed by atoms with Crippen LogP contribution < -0.4 is 0 Å². The van der Waals surface area contributed by atoms with Crippen molar-refractivity contribution in [3.63, 3.8) is 0 Å². The third-order valence-corrected chi connectivity index (χ3v) is 5.20. The third kappa shape index (κ3) is 2.55. The number of likely N-dealkylation sites (tertiary alicyclic amines) is 1. The summed E-state index contributed by atoms with van der Waals surface area (Å²) >= 11 is 1.54. The largest absolute Gasteiger partial charge is 0.516 e. The molecule has 112 valence electrons. The number of fused-ring (bicyclic) bond motifs is 1. The number of amidine groups is 1. The number of thioether (sulfide) groups is 1. The van der Waals surface area contributed by atoms with E-state index < -0.39 is 18.3 Å². The molecule has 0 aromatic carbocycles. The van der Waals surface area contributed by atoms with Gasteiger partial charge in [-0.2, -0.15) is 0 Å². The first-order valence-corrected chi connectivity index (χ1v) is 7.89. The quantitative estimate of drug-likeness (QED) is 0.657. The second-order valence-corrected chi connectivity index (χ2v) is 6.41. The van der Waals surface area contributed by atoms with Gasteiger partial charge >= 0.3 is 0 Å². The number of ether oxygens (including phenoxy) is 1. The van der Waals surface area contributed by atoms with Crippen molar-refractivity contribution in [3.05, 3.63) is 12.3 Å². The molecular weight excluding hydrogens is 280 g/mol. The van der Waals surface area contributed by atoms with Crippen LogP contribution in [0.25, 0.3) is 0 Å². The predicted molar refractivity (Wildman–Crippen MR) is 76.7 cm³/mol. The molecule has 0 bridgehead atoms. The normalized spacial score (nSPS) is 40.6. The monoisotopic (exact) mass is 300 g/mol. The highest BCUT2D eigenvalue weighted by atomic mass is 32.2. The molecule has 5 atom stereocenters. The number of aliphatic imine (C=N–C) groups is 1. The Labute approximate surface area is 122 Å². The van der Waals surface area contributed by atoms with Crippen LogP contribution in [0.2, 0.25) is 0 Å². The molecule has 7 heteroatoms. The van der Waals surface area contributed by atoms with Crippen molar-refractivity contribution in [1.29, 1.82) is 0 Å². The molecular formula is C13H20N2O4S. The number of hydrogen-bond donors (Lipinski definition) is 3. The van der Waals surface area contributed by atoms with Gasteiger partial charge in [0.2, 0.25) is 0 Å². The van der Waals surface area contributed by atoms with Crippen molar-refractivity contribution in [2.45, 2.75) is 49.1 Å². The van der Waals surface area contributed by atoms with Gasteiger partial charge in [0.1, 0.15) is 23.7 Å². The number of hydrogen-bond acceptors (Lipinski definition) is 7. The summed E-state index contributed by atoms with van der Waals surface area (Å²) in [6.45, 7) is 2.02. The number of allylic oxidation sites excluding steroid dienone is 1. The first kappa shape index (κ1) is 14.2. The molecule has 3 aliphatic rings. The summed E-state index contributed by atoms with van der Waals surface area (Å²) in [6, 6.07) is -0.379. The van der Waals surface area contributed by atoms with E-state index in [1.165, 1.54) is 6.42 Å². The highest BCUT2D eigenvalue weighted by molar-refractivity contribution is 8.14. The number of aliphatic hydroxyl groups excluding tert-OH is 3. The van der Waals surface area contributed by atoms with Gasteiger partial charge in [-0.1, -0.05) is 17.8 Å². The van der Waals surface area contributed by atoms with E-state index in [4.69, 9.17) is 9.84 Å². The van der Waals surface area contributed by atoms with Crippen molar-refractivity contribution < 1.29 is 20.1 Å². The fraction of sp³-hybridized carbons (Fsp3) is 0.769. The Morgan fingerprint density at radius 2 is 2.15 bits per heavy atom. The molecule has 0 unspecified atom stereocenters. The van der Waals surface area contributed by atoms with Crippen LogP contribution in [0, 0.1) is 0 Å². The van der Waals surface area contributed by atoms with E-state index in [-0.39, 0.29) is 11.5 Å². The van der Waals surface area contributed by atoms with Crippen molar-refractivity contribution in [2.75, 3.05) is 13.1 Å². The van der Waals surface area contributed by atoms with Gasteiger partial charge in [-0.3, -0.25) is 4.99 Å². The average Bonchev–Trinajstić information content (AvgIpc) is 2.77. The summed E-state index contributed by atoms with van der Waals surface area (Å²) in [4.78, 5) is 6.69. The average molecular weight is 300 g/mol. The summed E-state index contributed by atoms with van der Waals surface area (Å²) in [6.07, 6.45) is 2.72. The molecule has 20 heavy (non-hydrogen) atoms. The number of rotatable bonds is 3. The molecule has 0 saturated carbocycles. The standard InChI is InChI=1S/C13H20N2O4S/c16-7-2-1-4-8-10(17)11(18)9-12(19-8)20-13(14-9)15-5-3-6-15/h2,7-12,16-18H,1,3-6H2/t8-,9-,10-,11-,12-/m1/s1. The van der Waals surface area contributed by atoms with Gasteiger partial charge < -0.3 is 25.0 Å². The van der Waals surface area contributed by atoms with Crippen LogP contribution in [0.5, 0.6) is 0 Å². The van der Waals surface area contributed by atoms with E-state index in [1.54, 1.807) is 17.8 Å². The van der Waals surface area contributed by atoms with Gasteiger partial charge in [-0.15, -0.1) is 0 Å². The second kappa shape index (κ2) is 5.93. The smallest absolute Gasteiger partial charge is 0.162 e. The minimum Gasteiger partial charge on any atom is -0.516 e. The van der Waals surface area contributed by atoms with Crippen LogP contribution in [0.4, 0.5) is 0 Å². The van der Waals surface area contributed by atoms with E-state index in [9.17, 15) is 10.2 Å². The molecule has 2 saturated heterocycles. The van der Waals surface area contributed by atoms with Gasteiger partial charge in [0.25, 0.3) is 0 Å². The minimum absolute atomic E-state index is 0.216. The highest BCUT2D eigenvalue weighted by Crippen LogP contribution is 2.39. The summed E-state index contributed by atoms with van der Waals surface area (Å²) in [5, 5.41) is 29.9. The zero-order valence-corrected chi connectivity index (χ0v) is 11.9. The van der Waals surface area contributed by atoms with E-state index in [0.717, 1.165) is 24.5 Å². The summed E-state index contributed by atoms with van der Waals surface area (Å²) in [7, 11) is 0. The van der Waals surface area contributed by atoms with Crippen LogP contribution >= 0.6 is 11.8 Å². The molecule has 0 spiro atoms. The molecule has 0 aromatic heterocycles. The molecule has 2 fully saturated rings. The van der Waals surface area contributed by atoms with Crippen LogP contribution in [0.1, 0.15) is 19.3 Å². The topological polar surface area (TPSA) is 85.5 Å². The Hall–Kier alpha value is -0.760. The first-order valence-electron chi connectivity index (χ1n) is 7.01. The first-order chi connectivity index (χ1) is 9.70. The van der Waals surface area contributed by atoms with E-state index in [2.05, 4.69) is 9.89 Å². The maximum atomic E-state index is 10.2. The maximum absolute atomic E-state index is 10.2. The fourth-order valence-electron chi connectivity index (χ4n) is 2.65. The number of aliphatic hydroxyl groups is 3. The van der Waals surface area contributed by atoms with E-state index in [0.29, 0.717) is 12.8 Å². The van der Waals surface area contributed by atoms with Crippen LogP contribution in [0.3, 0.4) is 0 Å². The Morgan fingerprint density at radius 3 is 2.80 bits per heavy atom. The lowest BCUT2D eigenvalue weighted by atomic mass is 9.95. The Morgan fingerprint density at radius 1 is 1.35 bits per heavy atom. The lowest BCUT2D eigenvalue weighted by Gasteiger charge is -2.38. The molecule has 0 aromatic rings. The van der Waals surface area contributed by atoms with Gasteiger partial charge in [-0.25, -0.2) is 0 Å². The molecule has 3 rings (SSSR count). The number of nitrogens with zero attached hydrogens (tertiary/aromatic N) is 2. The Bertz CT molecular complexity index is 413. The zero-order valence-electron chi connectivity index (χ0n) is 11.1. The van der Waals surface area contributed by atoms with Gasteiger partial charge in [0, 0.05) is 13.1 Å². The fourth-order valence-corrected chi connectivity index (χ4v) is 3.93. The third-order valence-electron chi connectivity index (χ3n) is 4.00. The van der Waals surface area contributed by atoms with Crippen molar-refractivity contribution in [2.24, 2.45) is 4.99 Å². The maximum Gasteiger partial charge on any atom is 0.162 e. The van der Waals surface area contributed by atoms with Gasteiger partial charge in [0.05, 0.1) is 12.4 Å². The van der Waals surface area contributed by atoms with Crippen LogP contribution in [0.15, 0.2) is 17.3 Å². The Kier molecular flexibility index (Phi) is 4.21. The van der Waals surface area contributed by atoms with Gasteiger partial charge in [-0.05, 0) is 19.3 Å². The van der Waals surface area contributed by atoms with Gasteiger partial charge in [0.15, 0.2) is 5.17 Å². The van der Waals surface area contributed by atoms with Crippen LogP contribution in [-0.4, -0.2) is 68.3 Å². The lowest BCUT2D eigenvalue weighted by molar-refractivity contribution is -0.154. The summed E-state index contributed by atoms with van der Waals surface area (Å²) in [5.41, 5.74) is -0.216. The molecule has 3 aliphatic heterocycles. The second-order valence-electron chi connectivity index (χ2n) is 5.35. The van der Waals surface area contributed by atoms with E-state index >= 15 is 0 Å². The van der Waals surface area contributed by atoms with Crippen LogP contribution in [-0.2, 0) is 4.74 Å². The van der Waals surface area contributed by atoms with Crippen molar-refractivity contribution in [3.8, 4) is 0 Å². The Balaban J connectivity index is 1.64. The zero-order chi connectivity index (χ0) is 14.1.